The summed E-state index contributed by atoms with van der Waals surface area (Å²) in [6.07, 6.45) is 0. The molecule has 1 N–H and O–H groups in total. The molecule has 0 atom stereocenters. The molecule has 2 aromatic rings. The first-order valence-corrected chi connectivity index (χ1v) is 8.51. The van der Waals surface area contributed by atoms with Gasteiger partial charge in [-0.15, -0.1) is 0 Å². The van der Waals surface area contributed by atoms with E-state index in [0.29, 0.717) is 23.6 Å². The van der Waals surface area contributed by atoms with Gasteiger partial charge in [-0.05, 0) is 50.7 Å². The summed E-state index contributed by atoms with van der Waals surface area (Å²) in [5, 5.41) is 2.86. The van der Waals surface area contributed by atoms with Crippen molar-refractivity contribution in [1.29, 1.82) is 0 Å². The maximum absolute atomic E-state index is 12.2. The van der Waals surface area contributed by atoms with Crippen molar-refractivity contribution in [3.63, 3.8) is 0 Å². The van der Waals surface area contributed by atoms with Gasteiger partial charge in [-0.1, -0.05) is 15.9 Å². The average molecular weight is 409 g/mol. The number of carbonyl (C=O) groups excluding carboxylic acids is 2. The van der Waals surface area contributed by atoms with Crippen LogP contribution in [0.15, 0.2) is 33.2 Å². The molecule has 1 aromatic heterocycles. The van der Waals surface area contributed by atoms with Crippen molar-refractivity contribution >= 4 is 33.5 Å². The fourth-order valence-electron chi connectivity index (χ4n) is 2.42. The van der Waals surface area contributed by atoms with Gasteiger partial charge >= 0.3 is 5.97 Å². The standard InChI is InChI=1S/C18H21BrN2O4/c1-11-7-13(5-6-16(11)19)20-17(22)10-21(3)9-14-8-15(12(2)25-14)18(23)24-4/h5-8H,9-10H2,1-4H3,(H,20,22). The molecular weight excluding hydrogens is 388 g/mol. The lowest BCUT2D eigenvalue weighted by Crippen LogP contribution is -2.29. The van der Waals surface area contributed by atoms with Crippen LogP contribution in [0.3, 0.4) is 0 Å². The predicted molar refractivity (Wildman–Crippen MR) is 98.6 cm³/mol. The second-order valence-corrected chi connectivity index (χ2v) is 6.71. The molecule has 0 aliphatic heterocycles. The molecule has 0 bridgehead atoms. The van der Waals surface area contributed by atoms with Gasteiger partial charge in [-0.25, -0.2) is 4.79 Å². The van der Waals surface area contributed by atoms with Crippen molar-refractivity contribution in [2.75, 3.05) is 26.0 Å². The minimum atomic E-state index is -0.432. The van der Waals surface area contributed by atoms with E-state index in [9.17, 15) is 9.59 Å². The number of hydrogen-bond donors (Lipinski definition) is 1. The Balaban J connectivity index is 1.93. The maximum atomic E-state index is 12.2. The van der Waals surface area contributed by atoms with Crippen molar-refractivity contribution in [2.24, 2.45) is 0 Å². The Hall–Kier alpha value is -2.12. The Bertz CT molecular complexity index is 785. The number of hydrogen-bond acceptors (Lipinski definition) is 5. The minimum absolute atomic E-state index is 0.124. The summed E-state index contributed by atoms with van der Waals surface area (Å²) in [5.41, 5.74) is 2.20. The number of halogens is 1. The van der Waals surface area contributed by atoms with E-state index in [2.05, 4.69) is 21.2 Å². The zero-order valence-corrected chi connectivity index (χ0v) is 16.3. The van der Waals surface area contributed by atoms with E-state index < -0.39 is 5.97 Å². The summed E-state index contributed by atoms with van der Waals surface area (Å²) in [4.78, 5) is 25.6. The highest BCUT2D eigenvalue weighted by atomic mass is 79.9. The number of likely N-dealkylation sites (N-methyl/N-ethyl adjacent to an activating group) is 1. The zero-order valence-electron chi connectivity index (χ0n) is 14.7. The molecule has 1 aromatic carbocycles. The Morgan fingerprint density at radius 1 is 1.28 bits per heavy atom. The lowest BCUT2D eigenvalue weighted by Gasteiger charge is -2.15. The van der Waals surface area contributed by atoms with Crippen LogP contribution >= 0.6 is 15.9 Å². The van der Waals surface area contributed by atoms with Gasteiger partial charge in [0.2, 0.25) is 5.91 Å². The van der Waals surface area contributed by atoms with E-state index in [0.717, 1.165) is 15.7 Å². The second-order valence-electron chi connectivity index (χ2n) is 5.86. The summed E-state index contributed by atoms with van der Waals surface area (Å²) in [6.45, 7) is 4.27. The van der Waals surface area contributed by atoms with Crippen molar-refractivity contribution in [2.45, 2.75) is 20.4 Å². The number of ether oxygens (including phenoxy) is 1. The van der Waals surface area contributed by atoms with Crippen LogP contribution in [0.5, 0.6) is 0 Å². The molecule has 0 unspecified atom stereocenters. The Labute approximate surface area is 155 Å². The first kappa shape index (κ1) is 19.2. The smallest absolute Gasteiger partial charge is 0.341 e. The monoisotopic (exact) mass is 408 g/mol. The van der Waals surface area contributed by atoms with Crippen LogP contribution in [0.4, 0.5) is 5.69 Å². The van der Waals surface area contributed by atoms with Crippen molar-refractivity contribution in [3.8, 4) is 0 Å². The number of nitrogens with one attached hydrogen (secondary N) is 1. The number of aryl methyl sites for hydroxylation is 2. The van der Waals surface area contributed by atoms with Gasteiger partial charge in [0.1, 0.15) is 17.1 Å². The number of furan rings is 1. The largest absolute Gasteiger partial charge is 0.465 e. The third kappa shape index (κ3) is 5.17. The van der Waals surface area contributed by atoms with Gasteiger partial charge in [-0.2, -0.15) is 0 Å². The summed E-state index contributed by atoms with van der Waals surface area (Å²) >= 11 is 3.43. The van der Waals surface area contributed by atoms with E-state index in [1.807, 2.05) is 32.2 Å². The molecule has 2 rings (SSSR count). The Morgan fingerprint density at radius 2 is 2.00 bits per heavy atom. The van der Waals surface area contributed by atoms with Gasteiger partial charge in [0, 0.05) is 10.2 Å². The Morgan fingerprint density at radius 3 is 2.64 bits per heavy atom. The predicted octanol–water partition coefficient (Wildman–Crippen LogP) is 3.52. The van der Waals surface area contributed by atoms with Crippen LogP contribution in [0.1, 0.15) is 27.4 Å². The number of rotatable bonds is 6. The van der Waals surface area contributed by atoms with Crippen LogP contribution < -0.4 is 5.32 Å². The lowest BCUT2D eigenvalue weighted by molar-refractivity contribution is -0.117. The lowest BCUT2D eigenvalue weighted by atomic mass is 10.2. The average Bonchev–Trinajstić information content (AvgIpc) is 2.90. The molecule has 0 spiro atoms. The summed E-state index contributed by atoms with van der Waals surface area (Å²) in [5.74, 6) is 0.553. The van der Waals surface area contributed by atoms with Crippen LogP contribution in [0.25, 0.3) is 0 Å². The van der Waals surface area contributed by atoms with E-state index in [4.69, 9.17) is 9.15 Å². The molecule has 134 valence electrons. The SMILES string of the molecule is COC(=O)c1cc(CN(C)CC(=O)Nc2ccc(Br)c(C)c2)oc1C. The number of carbonyl (C=O) groups is 2. The first-order chi connectivity index (χ1) is 11.8. The molecule has 0 saturated carbocycles. The van der Waals surface area contributed by atoms with Crippen LogP contribution in [-0.4, -0.2) is 37.5 Å². The third-order valence-corrected chi connectivity index (χ3v) is 4.54. The quantitative estimate of drug-likeness (QED) is 0.740. The summed E-state index contributed by atoms with van der Waals surface area (Å²) in [6, 6.07) is 7.29. The fraction of sp³-hybridized carbons (Fsp3) is 0.333. The third-order valence-electron chi connectivity index (χ3n) is 3.66. The molecule has 1 heterocycles. The molecule has 0 fully saturated rings. The Kier molecular flexibility index (Phi) is 6.39. The first-order valence-electron chi connectivity index (χ1n) is 7.72. The van der Waals surface area contributed by atoms with Crippen LogP contribution in [0, 0.1) is 13.8 Å². The molecule has 0 aliphatic rings. The van der Waals surface area contributed by atoms with Crippen molar-refractivity contribution < 1.29 is 18.7 Å². The maximum Gasteiger partial charge on any atom is 0.341 e. The van der Waals surface area contributed by atoms with E-state index in [1.54, 1.807) is 17.9 Å². The van der Waals surface area contributed by atoms with E-state index >= 15 is 0 Å². The molecule has 25 heavy (non-hydrogen) atoms. The zero-order chi connectivity index (χ0) is 18.6. The van der Waals surface area contributed by atoms with E-state index in [1.165, 1.54) is 7.11 Å². The van der Waals surface area contributed by atoms with Gasteiger partial charge in [0.05, 0.1) is 20.2 Å². The molecule has 6 nitrogen and oxygen atoms in total. The van der Waals surface area contributed by atoms with Crippen LogP contribution in [-0.2, 0) is 16.1 Å². The molecule has 0 aliphatic carbocycles. The number of methoxy groups -OCH3 is 1. The van der Waals surface area contributed by atoms with Crippen molar-refractivity contribution in [3.05, 3.63) is 51.4 Å². The second kappa shape index (κ2) is 8.31. The number of nitrogens with zero attached hydrogens (tertiary/aromatic N) is 1. The van der Waals surface area contributed by atoms with E-state index in [-0.39, 0.29) is 12.5 Å². The molecule has 0 radical (unpaired) electrons. The van der Waals surface area contributed by atoms with Crippen molar-refractivity contribution in [1.82, 2.24) is 4.90 Å². The molecule has 7 heteroatoms. The minimum Gasteiger partial charge on any atom is -0.465 e. The number of esters is 1. The topological polar surface area (TPSA) is 71.8 Å². The van der Waals surface area contributed by atoms with Gasteiger partial charge in [0.25, 0.3) is 0 Å². The molecular formula is C18H21BrN2O4. The highest BCUT2D eigenvalue weighted by molar-refractivity contribution is 9.10. The highest BCUT2D eigenvalue weighted by Crippen LogP contribution is 2.20. The van der Waals surface area contributed by atoms with Gasteiger partial charge < -0.3 is 14.5 Å². The fourth-order valence-corrected chi connectivity index (χ4v) is 2.67. The summed E-state index contributed by atoms with van der Waals surface area (Å²) in [7, 11) is 3.14. The summed E-state index contributed by atoms with van der Waals surface area (Å²) < 4.78 is 11.3. The highest BCUT2D eigenvalue weighted by Gasteiger charge is 2.17. The normalized spacial score (nSPS) is 10.8. The van der Waals surface area contributed by atoms with Gasteiger partial charge in [-0.3, -0.25) is 9.69 Å². The molecule has 0 saturated heterocycles. The number of benzene rings is 1. The molecule has 1 amide bonds. The van der Waals surface area contributed by atoms with Crippen LogP contribution in [0.2, 0.25) is 0 Å². The van der Waals surface area contributed by atoms with Gasteiger partial charge in [0.15, 0.2) is 0 Å². The number of anilines is 1. The number of amides is 1.